The monoisotopic (exact) mass is 314 g/mol. The van der Waals surface area contributed by atoms with E-state index in [1.54, 1.807) is 18.3 Å². The van der Waals surface area contributed by atoms with Crippen LogP contribution in [0, 0.1) is 5.82 Å². The molecule has 1 N–H and O–H groups in total. The molecule has 0 radical (unpaired) electrons. The van der Waals surface area contributed by atoms with Crippen molar-refractivity contribution in [2.75, 3.05) is 6.54 Å². The van der Waals surface area contributed by atoms with E-state index in [9.17, 15) is 9.18 Å². The molecule has 0 bridgehead atoms. The van der Waals surface area contributed by atoms with Crippen LogP contribution in [-0.2, 0) is 11.2 Å². The number of hydrogen-bond donors (Lipinski definition) is 1. The van der Waals surface area contributed by atoms with Gasteiger partial charge in [0.1, 0.15) is 5.82 Å². The predicted octanol–water partition coefficient (Wildman–Crippen LogP) is 3.85. The lowest BCUT2D eigenvalue weighted by atomic mass is 9.93. The molecule has 1 unspecified atom stereocenters. The lowest BCUT2D eigenvalue weighted by Gasteiger charge is -2.15. The van der Waals surface area contributed by atoms with Crippen LogP contribution in [0.4, 0.5) is 4.39 Å². The van der Waals surface area contributed by atoms with Gasteiger partial charge in [0.15, 0.2) is 0 Å². The van der Waals surface area contributed by atoms with Crippen molar-refractivity contribution in [1.29, 1.82) is 0 Å². The summed E-state index contributed by atoms with van der Waals surface area (Å²) in [5, 5.41) is 2.97. The van der Waals surface area contributed by atoms with Gasteiger partial charge in [0.2, 0.25) is 5.91 Å². The number of aryl methyl sites for hydroxylation is 1. The van der Waals surface area contributed by atoms with Crippen LogP contribution < -0.4 is 5.32 Å². The van der Waals surface area contributed by atoms with Crippen LogP contribution in [0.5, 0.6) is 0 Å². The zero-order valence-electron chi connectivity index (χ0n) is 13.5. The maximum absolute atomic E-state index is 13.0. The van der Waals surface area contributed by atoms with E-state index in [0.29, 0.717) is 13.0 Å². The number of carbonyl (C=O) groups is 1. The summed E-state index contributed by atoms with van der Waals surface area (Å²) in [5.74, 6) is -0.0651. The van der Waals surface area contributed by atoms with Gasteiger partial charge < -0.3 is 5.32 Å². The van der Waals surface area contributed by atoms with Crippen LogP contribution in [0.15, 0.2) is 48.8 Å². The van der Waals surface area contributed by atoms with Gasteiger partial charge >= 0.3 is 0 Å². The molecule has 4 heteroatoms. The summed E-state index contributed by atoms with van der Waals surface area (Å²) >= 11 is 0. The summed E-state index contributed by atoms with van der Waals surface area (Å²) < 4.78 is 13.0. The minimum atomic E-state index is -0.247. The lowest BCUT2D eigenvalue weighted by Crippen LogP contribution is -2.26. The minimum Gasteiger partial charge on any atom is -0.356 e. The van der Waals surface area contributed by atoms with Crippen LogP contribution in [0.3, 0.4) is 0 Å². The third-order valence-corrected chi connectivity index (χ3v) is 3.95. The summed E-state index contributed by atoms with van der Waals surface area (Å²) in [5.41, 5.74) is 2.19. The van der Waals surface area contributed by atoms with Crippen LogP contribution >= 0.6 is 0 Å². The van der Waals surface area contributed by atoms with Crippen molar-refractivity contribution in [3.8, 4) is 0 Å². The molecule has 0 aliphatic heterocycles. The SMILES string of the molecule is CCC(CC(=O)NCCCc1cccnc1)c1ccc(F)cc1. The summed E-state index contributed by atoms with van der Waals surface area (Å²) in [4.78, 5) is 16.1. The molecular weight excluding hydrogens is 291 g/mol. The Bertz CT molecular complexity index is 599. The highest BCUT2D eigenvalue weighted by atomic mass is 19.1. The van der Waals surface area contributed by atoms with E-state index in [1.807, 2.05) is 25.3 Å². The third-order valence-electron chi connectivity index (χ3n) is 3.95. The Hall–Kier alpha value is -2.23. The van der Waals surface area contributed by atoms with E-state index >= 15 is 0 Å². The van der Waals surface area contributed by atoms with E-state index < -0.39 is 0 Å². The molecule has 2 aromatic rings. The highest BCUT2D eigenvalue weighted by Crippen LogP contribution is 2.23. The van der Waals surface area contributed by atoms with Crippen molar-refractivity contribution in [3.63, 3.8) is 0 Å². The maximum atomic E-state index is 13.0. The fraction of sp³-hybridized carbons (Fsp3) is 0.368. The normalized spacial score (nSPS) is 11.9. The van der Waals surface area contributed by atoms with E-state index in [2.05, 4.69) is 10.3 Å². The first-order valence-corrected chi connectivity index (χ1v) is 8.10. The largest absolute Gasteiger partial charge is 0.356 e. The van der Waals surface area contributed by atoms with Gasteiger partial charge in [-0.1, -0.05) is 25.1 Å². The van der Waals surface area contributed by atoms with E-state index in [1.165, 1.54) is 17.7 Å². The summed E-state index contributed by atoms with van der Waals surface area (Å²) in [7, 11) is 0. The molecule has 23 heavy (non-hydrogen) atoms. The van der Waals surface area contributed by atoms with Gasteiger partial charge in [-0.25, -0.2) is 4.39 Å². The number of pyridine rings is 1. The van der Waals surface area contributed by atoms with E-state index in [-0.39, 0.29) is 17.6 Å². The predicted molar refractivity (Wildman–Crippen MR) is 89.6 cm³/mol. The average molecular weight is 314 g/mol. The van der Waals surface area contributed by atoms with Crippen molar-refractivity contribution in [2.24, 2.45) is 0 Å². The number of benzene rings is 1. The Balaban J connectivity index is 1.73. The highest BCUT2D eigenvalue weighted by molar-refractivity contribution is 5.76. The van der Waals surface area contributed by atoms with Gasteiger partial charge in [-0.2, -0.15) is 0 Å². The summed E-state index contributed by atoms with van der Waals surface area (Å²) in [6.45, 7) is 2.71. The molecule has 0 fully saturated rings. The number of halogens is 1. The third kappa shape index (κ3) is 5.81. The molecule has 122 valence electrons. The molecule has 0 spiro atoms. The van der Waals surface area contributed by atoms with Crippen LogP contribution in [0.2, 0.25) is 0 Å². The molecule has 0 saturated carbocycles. The Labute approximate surface area is 137 Å². The Morgan fingerprint density at radius 2 is 2.04 bits per heavy atom. The molecule has 0 aliphatic carbocycles. The molecule has 2 rings (SSSR count). The molecular formula is C19H23FN2O. The fourth-order valence-electron chi connectivity index (χ4n) is 2.60. The fourth-order valence-corrected chi connectivity index (χ4v) is 2.60. The quantitative estimate of drug-likeness (QED) is 0.752. The molecule has 1 atom stereocenters. The Morgan fingerprint density at radius 3 is 2.70 bits per heavy atom. The summed E-state index contributed by atoms with van der Waals surface area (Å²) in [6.07, 6.45) is 6.70. The molecule has 1 aromatic heterocycles. The van der Waals surface area contributed by atoms with Gasteiger partial charge in [0, 0.05) is 25.4 Å². The molecule has 3 nitrogen and oxygen atoms in total. The number of nitrogens with one attached hydrogen (secondary N) is 1. The average Bonchev–Trinajstić information content (AvgIpc) is 2.58. The zero-order chi connectivity index (χ0) is 16.5. The van der Waals surface area contributed by atoms with Crippen LogP contribution in [0.25, 0.3) is 0 Å². The minimum absolute atomic E-state index is 0.0485. The maximum Gasteiger partial charge on any atom is 0.220 e. The summed E-state index contributed by atoms with van der Waals surface area (Å²) in [6, 6.07) is 10.4. The number of rotatable bonds is 8. The number of carbonyl (C=O) groups excluding carboxylic acids is 1. The molecule has 0 aliphatic rings. The highest BCUT2D eigenvalue weighted by Gasteiger charge is 2.14. The molecule has 1 aromatic carbocycles. The molecule has 0 saturated heterocycles. The number of amides is 1. The van der Waals surface area contributed by atoms with Gasteiger partial charge in [0.25, 0.3) is 0 Å². The molecule has 1 heterocycles. The van der Waals surface area contributed by atoms with Gasteiger partial charge in [-0.15, -0.1) is 0 Å². The number of aromatic nitrogens is 1. The van der Waals surface area contributed by atoms with Crippen molar-refractivity contribution < 1.29 is 9.18 Å². The van der Waals surface area contributed by atoms with Gasteiger partial charge in [-0.3, -0.25) is 9.78 Å². The van der Waals surface area contributed by atoms with Gasteiger partial charge in [-0.05, 0) is 54.5 Å². The van der Waals surface area contributed by atoms with Crippen molar-refractivity contribution in [1.82, 2.24) is 10.3 Å². The lowest BCUT2D eigenvalue weighted by molar-refractivity contribution is -0.121. The Morgan fingerprint density at radius 1 is 1.26 bits per heavy atom. The van der Waals surface area contributed by atoms with Crippen LogP contribution in [-0.4, -0.2) is 17.4 Å². The standard InChI is InChI=1S/C19H23FN2O/c1-2-16(17-7-9-18(20)10-8-17)13-19(23)22-12-4-6-15-5-3-11-21-14-15/h3,5,7-11,14,16H,2,4,6,12-13H2,1H3,(H,22,23). The van der Waals surface area contributed by atoms with Crippen molar-refractivity contribution in [2.45, 2.75) is 38.5 Å². The topological polar surface area (TPSA) is 42.0 Å². The zero-order valence-corrected chi connectivity index (χ0v) is 13.5. The second kappa shape index (κ2) is 9.03. The first kappa shape index (κ1) is 17.1. The first-order chi connectivity index (χ1) is 11.2. The Kier molecular flexibility index (Phi) is 6.73. The van der Waals surface area contributed by atoms with Crippen molar-refractivity contribution >= 4 is 5.91 Å². The first-order valence-electron chi connectivity index (χ1n) is 8.10. The smallest absolute Gasteiger partial charge is 0.220 e. The second-order valence-corrected chi connectivity index (χ2v) is 5.68. The molecule has 1 amide bonds. The van der Waals surface area contributed by atoms with E-state index in [0.717, 1.165) is 24.8 Å². The van der Waals surface area contributed by atoms with Crippen molar-refractivity contribution in [3.05, 3.63) is 65.7 Å². The second-order valence-electron chi connectivity index (χ2n) is 5.68. The van der Waals surface area contributed by atoms with Gasteiger partial charge in [0.05, 0.1) is 0 Å². The number of hydrogen-bond acceptors (Lipinski definition) is 2. The van der Waals surface area contributed by atoms with Crippen LogP contribution in [0.1, 0.15) is 43.2 Å². The van der Waals surface area contributed by atoms with E-state index in [4.69, 9.17) is 0 Å². The number of nitrogens with zero attached hydrogens (tertiary/aromatic N) is 1.